The van der Waals surface area contributed by atoms with Gasteiger partial charge in [-0.3, -0.25) is 4.79 Å². The van der Waals surface area contributed by atoms with Crippen LogP contribution < -0.4 is 0 Å². The summed E-state index contributed by atoms with van der Waals surface area (Å²) in [5.41, 5.74) is 0.881. The van der Waals surface area contributed by atoms with Crippen LogP contribution in [0.25, 0.3) is 0 Å². The van der Waals surface area contributed by atoms with Gasteiger partial charge in [-0.2, -0.15) is 0 Å². The van der Waals surface area contributed by atoms with Crippen LogP contribution in [0.5, 0.6) is 0 Å². The fourth-order valence-corrected chi connectivity index (χ4v) is 2.70. The van der Waals surface area contributed by atoms with Crippen LogP contribution in [0.15, 0.2) is 30.3 Å². The lowest BCUT2D eigenvalue weighted by molar-refractivity contribution is -0.140. The third kappa shape index (κ3) is 2.34. The molecule has 0 bridgehead atoms. The third-order valence-electron chi connectivity index (χ3n) is 2.54. The summed E-state index contributed by atoms with van der Waals surface area (Å²) >= 11 is 1.40. The predicted molar refractivity (Wildman–Crippen MR) is 64.2 cm³/mol. The van der Waals surface area contributed by atoms with Gasteiger partial charge in [-0.05, 0) is 18.2 Å². The molecule has 0 spiro atoms. The molecule has 1 N–H and O–H groups in total. The van der Waals surface area contributed by atoms with E-state index in [1.165, 1.54) is 11.8 Å². The van der Waals surface area contributed by atoms with Gasteiger partial charge in [-0.1, -0.05) is 43.7 Å². The van der Waals surface area contributed by atoms with Gasteiger partial charge in [0.25, 0.3) is 0 Å². The van der Waals surface area contributed by atoms with Crippen molar-refractivity contribution in [3.8, 4) is 0 Å². The Morgan fingerprint density at radius 1 is 1.40 bits per heavy atom. The van der Waals surface area contributed by atoms with Crippen LogP contribution in [-0.2, 0) is 9.54 Å². The third-order valence-corrected chi connectivity index (χ3v) is 3.85. The molecule has 0 fully saturated rings. The topological polar surface area (TPSA) is 37.3 Å². The monoisotopic (exact) mass is 224 g/mol. The van der Waals surface area contributed by atoms with E-state index in [9.17, 15) is 9.90 Å². The number of hydrogen-bond donors (Lipinski definition) is 1. The SMILES string of the molecule is CCCC(SC)(C(=O)O)c1ccccc1. The molecule has 15 heavy (non-hydrogen) atoms. The van der Waals surface area contributed by atoms with Crippen molar-refractivity contribution >= 4 is 17.7 Å². The molecule has 3 heteroatoms. The molecule has 1 unspecified atom stereocenters. The fraction of sp³-hybridized carbons (Fsp3) is 0.417. The molecule has 0 aromatic heterocycles. The summed E-state index contributed by atoms with van der Waals surface area (Å²) in [4.78, 5) is 11.4. The van der Waals surface area contributed by atoms with Gasteiger partial charge < -0.3 is 5.11 Å². The van der Waals surface area contributed by atoms with E-state index in [1.54, 1.807) is 0 Å². The Morgan fingerprint density at radius 2 is 2.00 bits per heavy atom. The maximum absolute atomic E-state index is 11.4. The summed E-state index contributed by atoms with van der Waals surface area (Å²) in [6.07, 6.45) is 3.38. The number of thioether (sulfide) groups is 1. The second kappa shape index (κ2) is 5.21. The van der Waals surface area contributed by atoms with E-state index >= 15 is 0 Å². The van der Waals surface area contributed by atoms with Crippen molar-refractivity contribution in [3.63, 3.8) is 0 Å². The Morgan fingerprint density at radius 3 is 2.40 bits per heavy atom. The predicted octanol–water partition coefficient (Wildman–Crippen LogP) is 3.13. The van der Waals surface area contributed by atoms with E-state index in [4.69, 9.17) is 0 Å². The Balaban J connectivity index is 3.15. The highest BCUT2D eigenvalue weighted by molar-refractivity contribution is 8.00. The molecule has 0 radical (unpaired) electrons. The Kier molecular flexibility index (Phi) is 4.21. The fourth-order valence-electron chi connectivity index (χ4n) is 1.74. The van der Waals surface area contributed by atoms with E-state index in [1.807, 2.05) is 43.5 Å². The number of carboxylic acids is 1. The molecule has 0 aliphatic carbocycles. The Bertz CT molecular complexity index is 324. The summed E-state index contributed by atoms with van der Waals surface area (Å²) in [5, 5.41) is 9.39. The molecule has 0 saturated heterocycles. The normalized spacial score (nSPS) is 14.5. The van der Waals surface area contributed by atoms with Crippen molar-refractivity contribution in [2.24, 2.45) is 0 Å². The molecule has 0 saturated carbocycles. The maximum atomic E-state index is 11.4. The highest BCUT2D eigenvalue weighted by atomic mass is 32.2. The van der Waals surface area contributed by atoms with E-state index in [-0.39, 0.29) is 0 Å². The number of carbonyl (C=O) groups is 1. The summed E-state index contributed by atoms with van der Waals surface area (Å²) in [7, 11) is 0. The van der Waals surface area contributed by atoms with Crippen LogP contribution in [0.1, 0.15) is 25.3 Å². The number of aliphatic carboxylic acids is 1. The number of carboxylic acid groups (broad SMARTS) is 1. The zero-order valence-corrected chi connectivity index (χ0v) is 9.88. The van der Waals surface area contributed by atoms with Crippen LogP contribution in [0.3, 0.4) is 0 Å². The van der Waals surface area contributed by atoms with Crippen molar-refractivity contribution in [2.45, 2.75) is 24.5 Å². The van der Waals surface area contributed by atoms with Gasteiger partial charge in [0, 0.05) is 0 Å². The minimum Gasteiger partial charge on any atom is -0.480 e. The minimum atomic E-state index is -0.782. The molecular formula is C12H16O2S. The van der Waals surface area contributed by atoms with Gasteiger partial charge in [0.15, 0.2) is 0 Å². The van der Waals surface area contributed by atoms with Gasteiger partial charge in [0.1, 0.15) is 4.75 Å². The lowest BCUT2D eigenvalue weighted by Gasteiger charge is -2.27. The van der Waals surface area contributed by atoms with Gasteiger partial charge in [0.2, 0.25) is 0 Å². The second-order valence-electron chi connectivity index (χ2n) is 3.45. The highest BCUT2D eigenvalue weighted by Crippen LogP contribution is 2.39. The largest absolute Gasteiger partial charge is 0.480 e. The molecule has 0 amide bonds. The lowest BCUT2D eigenvalue weighted by Crippen LogP contribution is -2.31. The smallest absolute Gasteiger partial charge is 0.324 e. The van der Waals surface area contributed by atoms with E-state index in [0.29, 0.717) is 6.42 Å². The van der Waals surface area contributed by atoms with Crippen molar-refractivity contribution in [2.75, 3.05) is 6.26 Å². The standard InChI is InChI=1S/C12H16O2S/c1-3-9-12(15-2,11(13)14)10-7-5-4-6-8-10/h4-8H,3,9H2,1-2H3,(H,13,14). The summed E-state index contributed by atoms with van der Waals surface area (Å²) in [5.74, 6) is -0.747. The van der Waals surface area contributed by atoms with Crippen LogP contribution >= 0.6 is 11.8 Å². The van der Waals surface area contributed by atoms with Crippen molar-refractivity contribution in [3.05, 3.63) is 35.9 Å². The minimum absolute atomic E-state index is 0.660. The van der Waals surface area contributed by atoms with Crippen LogP contribution in [0.2, 0.25) is 0 Å². The Hall–Kier alpha value is -0.960. The molecule has 1 atom stereocenters. The average molecular weight is 224 g/mol. The zero-order chi connectivity index (χ0) is 11.3. The highest BCUT2D eigenvalue weighted by Gasteiger charge is 2.38. The number of rotatable bonds is 5. The molecular weight excluding hydrogens is 208 g/mol. The van der Waals surface area contributed by atoms with Gasteiger partial charge in [-0.25, -0.2) is 0 Å². The molecule has 0 heterocycles. The first-order valence-corrected chi connectivity index (χ1v) is 6.24. The second-order valence-corrected chi connectivity index (χ2v) is 4.56. The first kappa shape index (κ1) is 12.1. The number of benzene rings is 1. The van der Waals surface area contributed by atoms with E-state index < -0.39 is 10.7 Å². The van der Waals surface area contributed by atoms with Crippen molar-refractivity contribution in [1.29, 1.82) is 0 Å². The van der Waals surface area contributed by atoms with Crippen LogP contribution in [0, 0.1) is 0 Å². The van der Waals surface area contributed by atoms with Crippen molar-refractivity contribution in [1.82, 2.24) is 0 Å². The summed E-state index contributed by atoms with van der Waals surface area (Å²) in [6.45, 7) is 2.01. The van der Waals surface area contributed by atoms with Gasteiger partial charge >= 0.3 is 5.97 Å². The molecule has 82 valence electrons. The lowest BCUT2D eigenvalue weighted by atomic mass is 9.93. The molecule has 2 nitrogen and oxygen atoms in total. The Labute approximate surface area is 94.7 Å². The van der Waals surface area contributed by atoms with Crippen molar-refractivity contribution < 1.29 is 9.90 Å². The van der Waals surface area contributed by atoms with Crippen LogP contribution in [0.4, 0.5) is 0 Å². The molecule has 1 aromatic carbocycles. The quantitative estimate of drug-likeness (QED) is 0.835. The van der Waals surface area contributed by atoms with Gasteiger partial charge in [0.05, 0.1) is 0 Å². The molecule has 1 aromatic rings. The van der Waals surface area contributed by atoms with Crippen LogP contribution in [-0.4, -0.2) is 17.3 Å². The molecule has 1 rings (SSSR count). The summed E-state index contributed by atoms with van der Waals surface area (Å²) < 4.78 is -0.782. The first-order chi connectivity index (χ1) is 7.17. The van der Waals surface area contributed by atoms with E-state index in [0.717, 1.165) is 12.0 Å². The zero-order valence-electron chi connectivity index (χ0n) is 9.06. The van der Waals surface area contributed by atoms with E-state index in [2.05, 4.69) is 0 Å². The van der Waals surface area contributed by atoms with Gasteiger partial charge in [-0.15, -0.1) is 11.8 Å². The average Bonchev–Trinajstić information content (AvgIpc) is 2.26. The summed E-state index contributed by atoms with van der Waals surface area (Å²) in [6, 6.07) is 9.46. The molecule has 0 aliphatic heterocycles. The maximum Gasteiger partial charge on any atom is 0.324 e. The first-order valence-electron chi connectivity index (χ1n) is 5.01. The number of hydrogen-bond acceptors (Lipinski definition) is 2. The molecule has 0 aliphatic rings.